The lowest BCUT2D eigenvalue weighted by molar-refractivity contribution is -0.0157. The van der Waals surface area contributed by atoms with Gasteiger partial charge in [-0.05, 0) is 32.1 Å². The van der Waals surface area contributed by atoms with Crippen LogP contribution in [-0.4, -0.2) is 12.2 Å². The van der Waals surface area contributed by atoms with E-state index >= 15 is 0 Å². The van der Waals surface area contributed by atoms with Gasteiger partial charge in [0, 0.05) is 0 Å². The Hall–Kier alpha value is -0.0400. The quantitative estimate of drug-likeness (QED) is 0.594. The van der Waals surface area contributed by atoms with Gasteiger partial charge in [-0.15, -0.1) is 0 Å². The van der Waals surface area contributed by atoms with E-state index in [2.05, 4.69) is 34.6 Å². The van der Waals surface area contributed by atoms with Crippen LogP contribution in [0.2, 0.25) is 0 Å². The van der Waals surface area contributed by atoms with E-state index in [1.807, 2.05) is 0 Å². The largest absolute Gasteiger partial charge is 0.375 e. The first-order valence-electron chi connectivity index (χ1n) is 5.25. The second kappa shape index (κ2) is 6.47. The molecule has 74 valence electrons. The molecule has 0 saturated carbocycles. The fourth-order valence-electron chi connectivity index (χ4n) is 1.27. The predicted molar refractivity (Wildman–Crippen MR) is 54.4 cm³/mol. The average Bonchev–Trinajstić information content (AvgIpc) is 2.02. The van der Waals surface area contributed by atoms with E-state index in [0.717, 1.165) is 18.8 Å². The van der Waals surface area contributed by atoms with E-state index in [1.165, 1.54) is 6.42 Å². The Kier molecular flexibility index (Phi) is 6.45. The molecule has 0 spiro atoms. The highest BCUT2D eigenvalue weighted by atomic mass is 16.5. The first-order chi connectivity index (χ1) is 5.60. The summed E-state index contributed by atoms with van der Waals surface area (Å²) < 4.78 is 5.86. The fourth-order valence-corrected chi connectivity index (χ4v) is 1.27. The highest BCUT2D eigenvalue weighted by Crippen LogP contribution is 2.14. The number of ether oxygens (including phenoxy) is 1. The van der Waals surface area contributed by atoms with Crippen molar-refractivity contribution in [1.82, 2.24) is 0 Å². The SMILES string of the molecule is CCC(C)OC(CC)CC(C)C. The lowest BCUT2D eigenvalue weighted by Gasteiger charge is -2.21. The van der Waals surface area contributed by atoms with Gasteiger partial charge < -0.3 is 4.74 Å². The molecule has 0 saturated heterocycles. The zero-order valence-electron chi connectivity index (χ0n) is 9.26. The molecule has 1 heteroatoms. The summed E-state index contributed by atoms with van der Waals surface area (Å²) in [5, 5.41) is 0. The standard InChI is InChI=1S/C11H24O/c1-6-10(5)12-11(7-2)8-9(3)4/h9-11H,6-8H2,1-5H3. The molecule has 0 aromatic rings. The van der Waals surface area contributed by atoms with Crippen LogP contribution in [0.15, 0.2) is 0 Å². The fraction of sp³-hybridized carbons (Fsp3) is 1.00. The first-order valence-corrected chi connectivity index (χ1v) is 5.25. The van der Waals surface area contributed by atoms with Crippen molar-refractivity contribution < 1.29 is 4.74 Å². The molecule has 0 fully saturated rings. The summed E-state index contributed by atoms with van der Waals surface area (Å²) in [5.41, 5.74) is 0. The van der Waals surface area contributed by atoms with Crippen LogP contribution in [0, 0.1) is 5.92 Å². The third kappa shape index (κ3) is 5.59. The van der Waals surface area contributed by atoms with Gasteiger partial charge in [-0.25, -0.2) is 0 Å². The lowest BCUT2D eigenvalue weighted by atomic mass is 10.0. The van der Waals surface area contributed by atoms with Crippen LogP contribution in [0.3, 0.4) is 0 Å². The molecule has 0 radical (unpaired) electrons. The summed E-state index contributed by atoms with van der Waals surface area (Å²) in [6.45, 7) is 11.0. The number of hydrogen-bond acceptors (Lipinski definition) is 1. The van der Waals surface area contributed by atoms with Crippen molar-refractivity contribution in [3.63, 3.8) is 0 Å². The van der Waals surface area contributed by atoms with E-state index in [-0.39, 0.29) is 0 Å². The van der Waals surface area contributed by atoms with Gasteiger partial charge in [-0.1, -0.05) is 27.7 Å². The molecule has 0 N–H and O–H groups in total. The third-order valence-electron chi connectivity index (χ3n) is 2.19. The van der Waals surface area contributed by atoms with Crippen molar-refractivity contribution in [3.8, 4) is 0 Å². The molecule has 0 aromatic carbocycles. The third-order valence-corrected chi connectivity index (χ3v) is 2.19. The summed E-state index contributed by atoms with van der Waals surface area (Å²) >= 11 is 0. The van der Waals surface area contributed by atoms with Crippen molar-refractivity contribution in [2.24, 2.45) is 5.92 Å². The van der Waals surface area contributed by atoms with E-state index < -0.39 is 0 Å². The van der Waals surface area contributed by atoms with Gasteiger partial charge in [0.25, 0.3) is 0 Å². The van der Waals surface area contributed by atoms with Gasteiger partial charge in [0.15, 0.2) is 0 Å². The molecule has 12 heavy (non-hydrogen) atoms. The minimum Gasteiger partial charge on any atom is -0.375 e. The molecule has 0 aliphatic carbocycles. The van der Waals surface area contributed by atoms with Crippen molar-refractivity contribution in [2.45, 2.75) is 66.1 Å². The van der Waals surface area contributed by atoms with E-state index in [1.54, 1.807) is 0 Å². The normalized spacial score (nSPS) is 16.5. The highest BCUT2D eigenvalue weighted by molar-refractivity contribution is 4.60. The Morgan fingerprint density at radius 1 is 1.00 bits per heavy atom. The van der Waals surface area contributed by atoms with Crippen molar-refractivity contribution in [1.29, 1.82) is 0 Å². The van der Waals surface area contributed by atoms with Crippen LogP contribution in [0.5, 0.6) is 0 Å². The molecule has 0 heterocycles. The Morgan fingerprint density at radius 2 is 1.58 bits per heavy atom. The summed E-state index contributed by atoms with van der Waals surface area (Å²) in [4.78, 5) is 0. The summed E-state index contributed by atoms with van der Waals surface area (Å²) in [6, 6.07) is 0. The van der Waals surface area contributed by atoms with E-state index in [0.29, 0.717) is 12.2 Å². The first kappa shape index (κ1) is 12.0. The minimum absolute atomic E-state index is 0.425. The molecule has 2 unspecified atom stereocenters. The molecular weight excluding hydrogens is 148 g/mol. The molecule has 0 aliphatic heterocycles. The predicted octanol–water partition coefficient (Wildman–Crippen LogP) is 3.63. The van der Waals surface area contributed by atoms with Gasteiger partial charge in [-0.2, -0.15) is 0 Å². The highest BCUT2D eigenvalue weighted by Gasteiger charge is 2.11. The second-order valence-corrected chi connectivity index (χ2v) is 4.01. The van der Waals surface area contributed by atoms with Gasteiger partial charge in [0.05, 0.1) is 12.2 Å². The lowest BCUT2D eigenvalue weighted by Crippen LogP contribution is -2.20. The Labute approximate surface area is 77.5 Å². The van der Waals surface area contributed by atoms with Crippen LogP contribution >= 0.6 is 0 Å². The summed E-state index contributed by atoms with van der Waals surface area (Å²) in [6.07, 6.45) is 4.35. The molecule has 1 nitrogen and oxygen atoms in total. The molecule has 0 aromatic heterocycles. The zero-order chi connectivity index (χ0) is 9.56. The maximum absolute atomic E-state index is 5.86. The van der Waals surface area contributed by atoms with Crippen molar-refractivity contribution >= 4 is 0 Å². The minimum atomic E-state index is 0.425. The second-order valence-electron chi connectivity index (χ2n) is 4.01. The Bertz CT molecular complexity index is 99.2. The van der Waals surface area contributed by atoms with Gasteiger partial charge in [0.2, 0.25) is 0 Å². The topological polar surface area (TPSA) is 9.23 Å². The van der Waals surface area contributed by atoms with Crippen LogP contribution in [-0.2, 0) is 4.74 Å². The molecule has 0 bridgehead atoms. The summed E-state index contributed by atoms with van der Waals surface area (Å²) in [7, 11) is 0. The summed E-state index contributed by atoms with van der Waals surface area (Å²) in [5.74, 6) is 0.749. The van der Waals surface area contributed by atoms with Gasteiger partial charge >= 0.3 is 0 Å². The Balaban J connectivity index is 3.66. The van der Waals surface area contributed by atoms with Crippen molar-refractivity contribution in [3.05, 3.63) is 0 Å². The van der Waals surface area contributed by atoms with Gasteiger partial charge in [0.1, 0.15) is 0 Å². The molecule has 2 atom stereocenters. The van der Waals surface area contributed by atoms with Crippen LogP contribution in [0.1, 0.15) is 53.9 Å². The Morgan fingerprint density at radius 3 is 1.92 bits per heavy atom. The molecule has 0 aliphatic rings. The molecule has 0 rings (SSSR count). The van der Waals surface area contributed by atoms with Gasteiger partial charge in [-0.3, -0.25) is 0 Å². The van der Waals surface area contributed by atoms with Crippen LogP contribution in [0.25, 0.3) is 0 Å². The van der Waals surface area contributed by atoms with Crippen molar-refractivity contribution in [2.75, 3.05) is 0 Å². The van der Waals surface area contributed by atoms with Crippen LogP contribution in [0.4, 0.5) is 0 Å². The number of rotatable bonds is 6. The zero-order valence-corrected chi connectivity index (χ0v) is 9.26. The maximum Gasteiger partial charge on any atom is 0.0578 e. The molecular formula is C11H24O. The van der Waals surface area contributed by atoms with E-state index in [4.69, 9.17) is 4.74 Å². The smallest absolute Gasteiger partial charge is 0.0578 e. The molecule has 0 amide bonds. The monoisotopic (exact) mass is 172 g/mol. The number of hydrogen-bond donors (Lipinski definition) is 0. The maximum atomic E-state index is 5.86. The average molecular weight is 172 g/mol. The van der Waals surface area contributed by atoms with Crippen LogP contribution < -0.4 is 0 Å². The van der Waals surface area contributed by atoms with E-state index in [9.17, 15) is 0 Å².